The van der Waals surface area contributed by atoms with Crippen LogP contribution in [0.1, 0.15) is 6.92 Å². The van der Waals surface area contributed by atoms with Crippen LogP contribution in [-0.4, -0.2) is 33.4 Å². The molecule has 5 heteroatoms. The van der Waals surface area contributed by atoms with Crippen LogP contribution in [0.25, 0.3) is 0 Å². The van der Waals surface area contributed by atoms with Gasteiger partial charge in [0.2, 0.25) is 0 Å². The fourth-order valence-corrected chi connectivity index (χ4v) is 0.718. The van der Waals surface area contributed by atoms with Crippen LogP contribution >= 0.6 is 0 Å². The standard InChI is InChI=1S/C9H11NO4/c1-9(13,8(11)12)6-14-7-3-2-4-10-5-7/h2-5,13H,6H2,1H3,(H,11,12). The SMILES string of the molecule is CC(O)(COc1cccnc1)C(=O)O. The largest absolute Gasteiger partial charge is 0.488 e. The van der Waals surface area contributed by atoms with Crippen LogP contribution < -0.4 is 4.74 Å². The summed E-state index contributed by atoms with van der Waals surface area (Å²) in [5.41, 5.74) is -1.88. The van der Waals surface area contributed by atoms with Gasteiger partial charge in [0, 0.05) is 6.20 Å². The molecule has 5 nitrogen and oxygen atoms in total. The summed E-state index contributed by atoms with van der Waals surface area (Å²) in [5.74, 6) is -0.893. The van der Waals surface area contributed by atoms with E-state index in [9.17, 15) is 9.90 Å². The molecule has 0 aromatic carbocycles. The molecule has 0 spiro atoms. The number of pyridine rings is 1. The molecule has 0 fully saturated rings. The molecule has 1 heterocycles. The molecule has 2 N–H and O–H groups in total. The van der Waals surface area contributed by atoms with Crippen molar-refractivity contribution in [2.45, 2.75) is 12.5 Å². The van der Waals surface area contributed by atoms with Crippen molar-refractivity contribution in [2.24, 2.45) is 0 Å². The summed E-state index contributed by atoms with van der Waals surface area (Å²) in [4.78, 5) is 14.3. The number of aromatic nitrogens is 1. The second kappa shape index (κ2) is 4.06. The van der Waals surface area contributed by atoms with Crippen molar-refractivity contribution in [1.82, 2.24) is 4.98 Å². The lowest BCUT2D eigenvalue weighted by Gasteiger charge is -2.17. The number of carbonyl (C=O) groups is 1. The first-order chi connectivity index (χ1) is 6.52. The Morgan fingerprint density at radius 2 is 2.43 bits per heavy atom. The first-order valence-electron chi connectivity index (χ1n) is 4.01. The van der Waals surface area contributed by atoms with Gasteiger partial charge in [-0.15, -0.1) is 0 Å². The molecule has 1 aromatic rings. The molecule has 0 saturated carbocycles. The van der Waals surface area contributed by atoms with Crippen LogP contribution in [0.4, 0.5) is 0 Å². The molecule has 0 amide bonds. The fourth-order valence-electron chi connectivity index (χ4n) is 0.718. The summed E-state index contributed by atoms with van der Waals surface area (Å²) in [6, 6.07) is 3.29. The van der Waals surface area contributed by atoms with E-state index in [-0.39, 0.29) is 6.61 Å². The van der Waals surface area contributed by atoms with Gasteiger partial charge in [-0.1, -0.05) is 0 Å². The number of ether oxygens (including phenoxy) is 1. The molecule has 0 radical (unpaired) electrons. The van der Waals surface area contributed by atoms with E-state index in [1.807, 2.05) is 0 Å². The van der Waals surface area contributed by atoms with Gasteiger partial charge in [0.1, 0.15) is 12.4 Å². The van der Waals surface area contributed by atoms with E-state index < -0.39 is 11.6 Å². The van der Waals surface area contributed by atoms with E-state index >= 15 is 0 Å². The smallest absolute Gasteiger partial charge is 0.339 e. The number of aliphatic carboxylic acids is 1. The second-order valence-electron chi connectivity index (χ2n) is 3.06. The molecule has 0 aliphatic carbocycles. The average Bonchev–Trinajstić information content (AvgIpc) is 2.16. The van der Waals surface area contributed by atoms with Gasteiger partial charge in [0.15, 0.2) is 5.60 Å². The highest BCUT2D eigenvalue weighted by molar-refractivity contribution is 5.76. The Hall–Kier alpha value is -1.62. The molecule has 0 saturated heterocycles. The Morgan fingerprint density at radius 3 is 2.93 bits per heavy atom. The highest BCUT2D eigenvalue weighted by Gasteiger charge is 2.30. The minimum Gasteiger partial charge on any atom is -0.488 e. The van der Waals surface area contributed by atoms with E-state index in [1.165, 1.54) is 13.1 Å². The van der Waals surface area contributed by atoms with Gasteiger partial charge in [0.25, 0.3) is 0 Å². The van der Waals surface area contributed by atoms with Gasteiger partial charge in [0.05, 0.1) is 6.20 Å². The third-order valence-electron chi connectivity index (χ3n) is 1.62. The number of hydrogen-bond acceptors (Lipinski definition) is 4. The molecule has 1 unspecified atom stereocenters. The predicted octanol–water partition coefficient (Wildman–Crippen LogP) is 0.296. The van der Waals surface area contributed by atoms with Crippen molar-refractivity contribution >= 4 is 5.97 Å². The van der Waals surface area contributed by atoms with Crippen molar-refractivity contribution in [3.05, 3.63) is 24.5 Å². The molecule has 1 rings (SSSR count). The lowest BCUT2D eigenvalue weighted by Crippen LogP contribution is -2.41. The number of nitrogens with zero attached hydrogens (tertiary/aromatic N) is 1. The van der Waals surface area contributed by atoms with Crippen LogP contribution in [0, 0.1) is 0 Å². The molecular formula is C9H11NO4. The maximum absolute atomic E-state index is 10.5. The first kappa shape index (κ1) is 10.5. The van der Waals surface area contributed by atoms with Gasteiger partial charge in [-0.3, -0.25) is 4.98 Å². The molecule has 1 aromatic heterocycles. The van der Waals surface area contributed by atoms with Gasteiger partial charge in [-0.25, -0.2) is 4.79 Å². The Morgan fingerprint density at radius 1 is 1.71 bits per heavy atom. The van der Waals surface area contributed by atoms with E-state index in [0.717, 1.165) is 0 Å². The van der Waals surface area contributed by atoms with Crippen molar-refractivity contribution in [2.75, 3.05) is 6.61 Å². The Balaban J connectivity index is 2.53. The van der Waals surface area contributed by atoms with Crippen LogP contribution in [0.5, 0.6) is 5.75 Å². The maximum atomic E-state index is 10.5. The molecule has 0 aliphatic rings. The number of aliphatic hydroxyl groups is 1. The van der Waals surface area contributed by atoms with Gasteiger partial charge in [-0.2, -0.15) is 0 Å². The zero-order chi connectivity index (χ0) is 10.6. The Bertz CT molecular complexity index is 310. The zero-order valence-electron chi connectivity index (χ0n) is 7.67. The van der Waals surface area contributed by atoms with Crippen LogP contribution in [0.2, 0.25) is 0 Å². The van der Waals surface area contributed by atoms with Crippen molar-refractivity contribution in [3.63, 3.8) is 0 Å². The van der Waals surface area contributed by atoms with Crippen LogP contribution in [0.3, 0.4) is 0 Å². The van der Waals surface area contributed by atoms with Gasteiger partial charge < -0.3 is 14.9 Å². The van der Waals surface area contributed by atoms with Crippen LogP contribution in [-0.2, 0) is 4.79 Å². The highest BCUT2D eigenvalue weighted by Crippen LogP contribution is 2.10. The summed E-state index contributed by atoms with van der Waals surface area (Å²) >= 11 is 0. The predicted molar refractivity (Wildman–Crippen MR) is 48.0 cm³/mol. The second-order valence-corrected chi connectivity index (χ2v) is 3.06. The fraction of sp³-hybridized carbons (Fsp3) is 0.333. The Kier molecular flexibility index (Phi) is 3.03. The third-order valence-corrected chi connectivity index (χ3v) is 1.62. The summed E-state index contributed by atoms with van der Waals surface area (Å²) in [7, 11) is 0. The number of carboxylic acid groups (broad SMARTS) is 1. The van der Waals surface area contributed by atoms with E-state index in [0.29, 0.717) is 5.75 Å². The summed E-state index contributed by atoms with van der Waals surface area (Å²) in [5, 5.41) is 17.9. The summed E-state index contributed by atoms with van der Waals surface area (Å²) < 4.78 is 5.04. The number of hydrogen-bond donors (Lipinski definition) is 2. The minimum absolute atomic E-state index is 0.311. The topological polar surface area (TPSA) is 79.7 Å². The monoisotopic (exact) mass is 197 g/mol. The lowest BCUT2D eigenvalue weighted by atomic mass is 10.1. The first-order valence-corrected chi connectivity index (χ1v) is 4.01. The van der Waals surface area contributed by atoms with Gasteiger partial charge in [-0.05, 0) is 19.1 Å². The quantitative estimate of drug-likeness (QED) is 0.725. The van der Waals surface area contributed by atoms with Crippen LogP contribution in [0.15, 0.2) is 24.5 Å². The lowest BCUT2D eigenvalue weighted by molar-refractivity contribution is -0.159. The summed E-state index contributed by atoms with van der Waals surface area (Å²) in [6.07, 6.45) is 3.01. The molecule has 0 aliphatic heterocycles. The third kappa shape index (κ3) is 2.70. The van der Waals surface area contributed by atoms with E-state index in [2.05, 4.69) is 4.98 Å². The zero-order valence-corrected chi connectivity index (χ0v) is 7.67. The number of carboxylic acids is 1. The minimum atomic E-state index is -1.88. The molecule has 76 valence electrons. The molecule has 0 bridgehead atoms. The van der Waals surface area contributed by atoms with Gasteiger partial charge >= 0.3 is 5.97 Å². The Labute approximate surface area is 81.0 Å². The summed E-state index contributed by atoms with van der Waals surface area (Å²) in [6.45, 7) is 0.861. The van der Waals surface area contributed by atoms with Crippen molar-refractivity contribution in [1.29, 1.82) is 0 Å². The molecule has 14 heavy (non-hydrogen) atoms. The average molecular weight is 197 g/mol. The van der Waals surface area contributed by atoms with Crippen molar-refractivity contribution in [3.8, 4) is 5.75 Å². The number of rotatable bonds is 4. The maximum Gasteiger partial charge on any atom is 0.339 e. The normalized spacial score (nSPS) is 14.4. The van der Waals surface area contributed by atoms with Crippen molar-refractivity contribution < 1.29 is 19.7 Å². The van der Waals surface area contributed by atoms with E-state index in [4.69, 9.17) is 9.84 Å². The van der Waals surface area contributed by atoms with E-state index in [1.54, 1.807) is 18.3 Å². The molecular weight excluding hydrogens is 186 g/mol. The molecule has 1 atom stereocenters. The highest BCUT2D eigenvalue weighted by atomic mass is 16.5.